The van der Waals surface area contributed by atoms with Crippen LogP contribution in [0.5, 0.6) is 0 Å². The summed E-state index contributed by atoms with van der Waals surface area (Å²) in [6, 6.07) is 1.92. The van der Waals surface area contributed by atoms with Crippen molar-refractivity contribution in [3.05, 3.63) is 0 Å². The fourth-order valence-corrected chi connectivity index (χ4v) is 0.514. The lowest BCUT2D eigenvalue weighted by Gasteiger charge is -2.06. The van der Waals surface area contributed by atoms with E-state index in [4.69, 9.17) is 10.00 Å². The lowest BCUT2D eigenvalue weighted by molar-refractivity contribution is 0.133. The third-order valence-electron chi connectivity index (χ3n) is 1.05. The van der Waals surface area contributed by atoms with Crippen LogP contribution in [0, 0.1) is 17.2 Å². The first-order chi connectivity index (χ1) is 5.66. The van der Waals surface area contributed by atoms with Crippen molar-refractivity contribution in [2.75, 3.05) is 13.2 Å². The van der Waals surface area contributed by atoms with Gasteiger partial charge in [-0.3, -0.25) is 0 Å². The van der Waals surface area contributed by atoms with Gasteiger partial charge in [-0.15, -0.1) is 0 Å². The minimum Gasteiger partial charge on any atom is -0.449 e. The molecule has 0 radical (unpaired) electrons. The SMILES string of the molecule is CC(C)COC(=O)NCCC#N. The van der Waals surface area contributed by atoms with Gasteiger partial charge in [-0.1, -0.05) is 13.8 Å². The Balaban J connectivity index is 3.29. The first-order valence-electron chi connectivity index (χ1n) is 3.94. The molecule has 0 heterocycles. The molecule has 12 heavy (non-hydrogen) atoms. The molecule has 0 bridgehead atoms. The van der Waals surface area contributed by atoms with E-state index in [9.17, 15) is 4.79 Å². The van der Waals surface area contributed by atoms with Gasteiger partial charge >= 0.3 is 6.09 Å². The second kappa shape index (κ2) is 6.47. The quantitative estimate of drug-likeness (QED) is 0.646. The second-order valence-corrected chi connectivity index (χ2v) is 2.83. The molecular weight excluding hydrogens is 156 g/mol. The molecule has 0 aromatic heterocycles. The predicted molar refractivity (Wildman–Crippen MR) is 44.4 cm³/mol. The van der Waals surface area contributed by atoms with Gasteiger partial charge in [0, 0.05) is 6.54 Å². The highest BCUT2D eigenvalue weighted by molar-refractivity contribution is 5.67. The summed E-state index contributed by atoms with van der Waals surface area (Å²) in [6.45, 7) is 4.69. The van der Waals surface area contributed by atoms with Crippen molar-refractivity contribution in [3.8, 4) is 6.07 Å². The summed E-state index contributed by atoms with van der Waals surface area (Å²) in [5.74, 6) is 0.340. The summed E-state index contributed by atoms with van der Waals surface area (Å²) in [5, 5.41) is 10.6. The minimum atomic E-state index is -0.445. The molecular formula is C8H14N2O2. The Labute approximate surface area is 72.5 Å². The average molecular weight is 170 g/mol. The van der Waals surface area contributed by atoms with Crippen molar-refractivity contribution < 1.29 is 9.53 Å². The molecule has 0 unspecified atom stereocenters. The molecule has 0 aromatic rings. The Morgan fingerprint density at radius 2 is 2.33 bits per heavy atom. The Kier molecular flexibility index (Phi) is 5.80. The van der Waals surface area contributed by atoms with E-state index in [1.54, 1.807) is 0 Å². The molecule has 68 valence electrons. The second-order valence-electron chi connectivity index (χ2n) is 2.83. The van der Waals surface area contributed by atoms with Crippen LogP contribution in [-0.2, 0) is 4.74 Å². The third kappa shape index (κ3) is 6.87. The molecule has 0 aliphatic carbocycles. The zero-order valence-corrected chi connectivity index (χ0v) is 7.46. The highest BCUT2D eigenvalue weighted by atomic mass is 16.5. The monoisotopic (exact) mass is 170 g/mol. The summed E-state index contributed by atoms with van der Waals surface area (Å²) < 4.78 is 4.79. The smallest absolute Gasteiger partial charge is 0.407 e. The fourth-order valence-electron chi connectivity index (χ4n) is 0.514. The maximum absolute atomic E-state index is 10.8. The first-order valence-corrected chi connectivity index (χ1v) is 3.94. The van der Waals surface area contributed by atoms with Crippen LogP contribution in [-0.4, -0.2) is 19.2 Å². The van der Waals surface area contributed by atoms with Gasteiger partial charge < -0.3 is 10.1 Å². The summed E-state index contributed by atoms with van der Waals surface area (Å²) in [4.78, 5) is 10.8. The largest absolute Gasteiger partial charge is 0.449 e. The molecule has 0 rings (SSSR count). The lowest BCUT2D eigenvalue weighted by atomic mass is 10.2. The number of ether oxygens (including phenoxy) is 1. The van der Waals surface area contributed by atoms with E-state index in [0.29, 0.717) is 25.5 Å². The molecule has 4 heteroatoms. The number of carbonyl (C=O) groups excluding carboxylic acids is 1. The first kappa shape index (κ1) is 10.8. The van der Waals surface area contributed by atoms with Crippen LogP contribution in [0.1, 0.15) is 20.3 Å². The van der Waals surface area contributed by atoms with E-state index in [-0.39, 0.29) is 0 Å². The summed E-state index contributed by atoms with van der Waals surface area (Å²) in [7, 11) is 0. The van der Waals surface area contributed by atoms with Crippen molar-refractivity contribution in [1.29, 1.82) is 5.26 Å². The van der Waals surface area contributed by atoms with Gasteiger partial charge in [0.1, 0.15) is 0 Å². The number of nitrogens with one attached hydrogen (secondary N) is 1. The Bertz CT molecular complexity index is 172. The topological polar surface area (TPSA) is 62.1 Å². The van der Waals surface area contributed by atoms with Gasteiger partial charge in [0.05, 0.1) is 19.1 Å². The van der Waals surface area contributed by atoms with Crippen molar-refractivity contribution in [2.24, 2.45) is 5.92 Å². The highest BCUT2D eigenvalue weighted by Gasteiger charge is 2.01. The van der Waals surface area contributed by atoms with Gasteiger partial charge in [-0.05, 0) is 5.92 Å². The van der Waals surface area contributed by atoms with Gasteiger partial charge in [0.25, 0.3) is 0 Å². The molecule has 0 aromatic carbocycles. The Morgan fingerprint density at radius 1 is 1.67 bits per heavy atom. The fraction of sp³-hybridized carbons (Fsp3) is 0.750. The number of nitrogens with zero attached hydrogens (tertiary/aromatic N) is 1. The Hall–Kier alpha value is -1.24. The molecule has 0 fully saturated rings. The van der Waals surface area contributed by atoms with Gasteiger partial charge in [0.2, 0.25) is 0 Å². The minimum absolute atomic E-state index is 0.316. The molecule has 0 saturated carbocycles. The Morgan fingerprint density at radius 3 is 2.83 bits per heavy atom. The third-order valence-corrected chi connectivity index (χ3v) is 1.05. The van der Waals surface area contributed by atoms with Crippen molar-refractivity contribution in [3.63, 3.8) is 0 Å². The molecule has 0 aliphatic heterocycles. The summed E-state index contributed by atoms with van der Waals surface area (Å²) in [5.41, 5.74) is 0. The number of carbonyl (C=O) groups is 1. The molecule has 0 saturated heterocycles. The number of rotatable bonds is 4. The van der Waals surface area contributed by atoms with Gasteiger partial charge in [-0.2, -0.15) is 5.26 Å². The molecule has 0 aliphatic rings. The van der Waals surface area contributed by atoms with Gasteiger partial charge in [-0.25, -0.2) is 4.79 Å². The molecule has 0 spiro atoms. The van der Waals surface area contributed by atoms with E-state index < -0.39 is 6.09 Å². The predicted octanol–water partition coefficient (Wildman–Crippen LogP) is 1.28. The molecule has 1 amide bonds. The molecule has 4 nitrogen and oxygen atoms in total. The van der Waals surface area contributed by atoms with Crippen LogP contribution in [0.3, 0.4) is 0 Å². The van der Waals surface area contributed by atoms with E-state index in [1.165, 1.54) is 0 Å². The maximum atomic E-state index is 10.8. The van der Waals surface area contributed by atoms with Crippen molar-refractivity contribution in [2.45, 2.75) is 20.3 Å². The van der Waals surface area contributed by atoms with Crippen LogP contribution in [0.4, 0.5) is 4.79 Å². The average Bonchev–Trinajstić information content (AvgIpc) is 2.01. The maximum Gasteiger partial charge on any atom is 0.407 e. The summed E-state index contributed by atoms with van der Waals surface area (Å²) in [6.07, 6.45) is -0.129. The molecule has 0 atom stereocenters. The van der Waals surface area contributed by atoms with Gasteiger partial charge in [0.15, 0.2) is 0 Å². The number of alkyl carbamates (subject to hydrolysis) is 1. The standard InChI is InChI=1S/C8H14N2O2/c1-7(2)6-12-8(11)10-5-3-4-9/h7H,3,5-6H2,1-2H3,(H,10,11). The van der Waals surface area contributed by atoms with Crippen LogP contribution in [0.25, 0.3) is 0 Å². The van der Waals surface area contributed by atoms with E-state index in [1.807, 2.05) is 19.9 Å². The normalized spacial score (nSPS) is 9.17. The molecule has 1 N–H and O–H groups in total. The zero-order chi connectivity index (χ0) is 9.40. The zero-order valence-electron chi connectivity index (χ0n) is 7.46. The van der Waals surface area contributed by atoms with Crippen molar-refractivity contribution in [1.82, 2.24) is 5.32 Å². The number of hydrogen-bond acceptors (Lipinski definition) is 3. The van der Waals surface area contributed by atoms with E-state index >= 15 is 0 Å². The van der Waals surface area contributed by atoms with Crippen LogP contribution in [0.15, 0.2) is 0 Å². The highest BCUT2D eigenvalue weighted by Crippen LogP contribution is 1.92. The van der Waals surface area contributed by atoms with Crippen molar-refractivity contribution >= 4 is 6.09 Å². The van der Waals surface area contributed by atoms with E-state index in [2.05, 4.69) is 5.32 Å². The number of amides is 1. The van der Waals surface area contributed by atoms with Crippen LogP contribution < -0.4 is 5.32 Å². The lowest BCUT2D eigenvalue weighted by Crippen LogP contribution is -2.26. The van der Waals surface area contributed by atoms with Crippen LogP contribution >= 0.6 is 0 Å². The van der Waals surface area contributed by atoms with E-state index in [0.717, 1.165) is 0 Å². The number of hydrogen-bond donors (Lipinski definition) is 1. The number of nitriles is 1. The summed E-state index contributed by atoms with van der Waals surface area (Å²) >= 11 is 0. The van der Waals surface area contributed by atoms with Crippen LogP contribution in [0.2, 0.25) is 0 Å².